The molecule has 0 radical (unpaired) electrons. The molecule has 4 aliphatic rings. The molecule has 1 aromatic heterocycles. The summed E-state index contributed by atoms with van der Waals surface area (Å²) in [5.41, 5.74) is 1.82. The number of aromatic hydroxyl groups is 1. The van der Waals surface area contributed by atoms with Crippen molar-refractivity contribution in [3.05, 3.63) is 91.9 Å². The van der Waals surface area contributed by atoms with E-state index >= 15 is 0 Å². The molecule has 6 atom stereocenters. The summed E-state index contributed by atoms with van der Waals surface area (Å²) in [4.78, 5) is 59.8. The van der Waals surface area contributed by atoms with Gasteiger partial charge in [-0.2, -0.15) is 0 Å². The number of phenols is 1. The summed E-state index contributed by atoms with van der Waals surface area (Å²) in [6, 6.07) is 11.2. The maximum absolute atomic E-state index is 14.5. The van der Waals surface area contributed by atoms with Gasteiger partial charge in [0, 0.05) is 10.8 Å². The van der Waals surface area contributed by atoms with E-state index in [1.807, 2.05) is 35.7 Å². The summed E-state index contributed by atoms with van der Waals surface area (Å²) in [6.45, 7) is 5.57. The molecule has 2 aliphatic carbocycles. The highest BCUT2D eigenvalue weighted by atomic mass is 35.5. The Bertz CT molecular complexity index is 1780. The third-order valence-corrected chi connectivity index (χ3v) is 11.4. The van der Waals surface area contributed by atoms with Crippen LogP contribution in [0.15, 0.2) is 59.5 Å². The SMILES string of the molecule is Cc1cc([C@H]2C3=CC[C@@H]4C(=O)N(Cc5cccs5)C(=O)[C@@H]4[C@@H]3C[C@H]3C(=O)N(c4ccc(F)c(Cl)c4)C(=O)[C@@]23C)cc(C)c1O. The molecule has 1 N–H and O–H groups in total. The van der Waals surface area contributed by atoms with Gasteiger partial charge in [-0.3, -0.25) is 24.1 Å². The molecule has 2 aliphatic heterocycles. The molecule has 10 heteroatoms. The highest BCUT2D eigenvalue weighted by Crippen LogP contribution is 2.64. The van der Waals surface area contributed by atoms with Crippen molar-refractivity contribution in [3.8, 4) is 5.75 Å². The third-order valence-electron chi connectivity index (χ3n) is 10.3. The van der Waals surface area contributed by atoms with Crippen LogP contribution in [0.3, 0.4) is 0 Å². The van der Waals surface area contributed by atoms with Gasteiger partial charge in [0.15, 0.2) is 0 Å². The Kier molecular flexibility index (Phi) is 6.64. The summed E-state index contributed by atoms with van der Waals surface area (Å²) in [6.07, 6.45) is 2.58. The van der Waals surface area contributed by atoms with Gasteiger partial charge < -0.3 is 5.11 Å². The normalized spacial score (nSPS) is 29.6. The number of phenolic OH excluding ortho intramolecular Hbond substituents is 1. The van der Waals surface area contributed by atoms with Gasteiger partial charge in [0.25, 0.3) is 0 Å². The third kappa shape index (κ3) is 3.98. The predicted molar refractivity (Wildman–Crippen MR) is 163 cm³/mol. The number of amides is 4. The van der Waals surface area contributed by atoms with Crippen LogP contribution in [0.1, 0.15) is 47.3 Å². The number of carbonyl (C=O) groups excluding carboxylic acids is 4. The van der Waals surface area contributed by atoms with E-state index in [1.54, 1.807) is 20.8 Å². The Morgan fingerprint density at radius 2 is 1.75 bits per heavy atom. The molecule has 4 amide bonds. The molecule has 0 unspecified atom stereocenters. The molecule has 1 saturated carbocycles. The van der Waals surface area contributed by atoms with Crippen molar-refractivity contribution in [2.24, 2.45) is 29.1 Å². The molecule has 226 valence electrons. The van der Waals surface area contributed by atoms with E-state index in [4.69, 9.17) is 11.6 Å². The lowest BCUT2D eigenvalue weighted by Crippen LogP contribution is -2.48. The largest absolute Gasteiger partial charge is 0.507 e. The zero-order valence-electron chi connectivity index (χ0n) is 24.3. The van der Waals surface area contributed by atoms with Crippen LogP contribution >= 0.6 is 22.9 Å². The first-order chi connectivity index (χ1) is 20.9. The fourth-order valence-electron chi connectivity index (χ4n) is 8.20. The minimum atomic E-state index is -1.24. The number of thiophene rings is 1. The van der Waals surface area contributed by atoms with Gasteiger partial charge in [-0.25, -0.2) is 9.29 Å². The minimum absolute atomic E-state index is 0.151. The molecule has 0 bridgehead atoms. The molecule has 3 heterocycles. The van der Waals surface area contributed by atoms with Crippen molar-refractivity contribution in [3.63, 3.8) is 0 Å². The van der Waals surface area contributed by atoms with Gasteiger partial charge in [0.05, 0.1) is 40.4 Å². The number of benzene rings is 2. The van der Waals surface area contributed by atoms with Crippen molar-refractivity contribution in [2.45, 2.75) is 46.1 Å². The van der Waals surface area contributed by atoms with E-state index in [-0.39, 0.29) is 41.2 Å². The summed E-state index contributed by atoms with van der Waals surface area (Å²) in [5, 5.41) is 12.3. The second-order valence-electron chi connectivity index (χ2n) is 12.6. The van der Waals surface area contributed by atoms with Crippen LogP contribution in [0, 0.1) is 48.8 Å². The number of allylic oxidation sites excluding steroid dienone is 2. The number of hydrogen-bond donors (Lipinski definition) is 1. The molecule has 3 fully saturated rings. The molecule has 7 rings (SSSR count). The highest BCUT2D eigenvalue weighted by molar-refractivity contribution is 7.09. The Labute approximate surface area is 262 Å². The molecule has 0 spiro atoms. The maximum atomic E-state index is 14.5. The number of nitrogens with zero attached hydrogens (tertiary/aromatic N) is 2. The van der Waals surface area contributed by atoms with E-state index in [2.05, 4.69) is 0 Å². The van der Waals surface area contributed by atoms with E-state index in [9.17, 15) is 28.7 Å². The quantitative estimate of drug-likeness (QED) is 0.269. The topological polar surface area (TPSA) is 95.0 Å². The van der Waals surface area contributed by atoms with Crippen LogP contribution in [0.25, 0.3) is 0 Å². The van der Waals surface area contributed by atoms with Gasteiger partial charge in [0.2, 0.25) is 23.6 Å². The van der Waals surface area contributed by atoms with Crippen molar-refractivity contribution in [2.75, 3.05) is 4.90 Å². The summed E-state index contributed by atoms with van der Waals surface area (Å²) in [5.74, 6) is -4.87. The van der Waals surface area contributed by atoms with Crippen LogP contribution in [0.5, 0.6) is 5.75 Å². The first-order valence-electron chi connectivity index (χ1n) is 14.6. The summed E-state index contributed by atoms with van der Waals surface area (Å²) < 4.78 is 14.1. The first-order valence-corrected chi connectivity index (χ1v) is 15.9. The van der Waals surface area contributed by atoms with Crippen LogP contribution in [-0.2, 0) is 25.7 Å². The number of imide groups is 2. The van der Waals surface area contributed by atoms with Crippen LogP contribution in [-0.4, -0.2) is 33.6 Å². The monoisotopic (exact) mass is 632 g/mol. The van der Waals surface area contributed by atoms with Gasteiger partial charge in [-0.1, -0.05) is 41.4 Å². The second kappa shape index (κ2) is 10.1. The molecular weight excluding hydrogens is 603 g/mol. The average Bonchev–Trinajstić information content (AvgIpc) is 3.64. The Hall–Kier alpha value is -3.82. The lowest BCUT2D eigenvalue weighted by Gasteiger charge is -2.49. The van der Waals surface area contributed by atoms with Crippen LogP contribution < -0.4 is 4.90 Å². The first kappa shape index (κ1) is 28.9. The van der Waals surface area contributed by atoms with E-state index in [1.165, 1.54) is 28.4 Å². The van der Waals surface area contributed by atoms with Crippen molar-refractivity contribution < 1.29 is 28.7 Å². The fourth-order valence-corrected chi connectivity index (χ4v) is 9.07. The molecule has 3 aromatic rings. The average molecular weight is 633 g/mol. The summed E-state index contributed by atoms with van der Waals surface area (Å²) >= 11 is 7.56. The molecule has 2 saturated heterocycles. The second-order valence-corrected chi connectivity index (χ2v) is 14.0. The van der Waals surface area contributed by atoms with Crippen LogP contribution in [0.4, 0.5) is 10.1 Å². The zero-order valence-corrected chi connectivity index (χ0v) is 25.9. The summed E-state index contributed by atoms with van der Waals surface area (Å²) in [7, 11) is 0. The minimum Gasteiger partial charge on any atom is -0.507 e. The van der Waals surface area contributed by atoms with Gasteiger partial charge in [-0.15, -0.1) is 11.3 Å². The molecule has 2 aromatic carbocycles. The van der Waals surface area contributed by atoms with Gasteiger partial charge in [0.1, 0.15) is 11.6 Å². The van der Waals surface area contributed by atoms with E-state index < -0.39 is 52.6 Å². The van der Waals surface area contributed by atoms with Gasteiger partial charge >= 0.3 is 0 Å². The Balaban J connectivity index is 1.37. The molecular formula is C34H30ClFN2O5S. The number of fused-ring (bicyclic) bond motifs is 4. The number of anilines is 1. The smallest absolute Gasteiger partial charge is 0.241 e. The lowest BCUT2D eigenvalue weighted by molar-refractivity contribution is -0.141. The zero-order chi connectivity index (χ0) is 31.2. The van der Waals surface area contributed by atoms with Crippen LogP contribution in [0.2, 0.25) is 5.02 Å². The van der Waals surface area contributed by atoms with Gasteiger partial charge in [-0.05, 0) is 85.9 Å². The highest BCUT2D eigenvalue weighted by Gasteiger charge is 2.67. The fraction of sp³-hybridized carbons (Fsp3) is 0.353. The van der Waals surface area contributed by atoms with E-state index in [0.29, 0.717) is 17.5 Å². The lowest BCUT2D eigenvalue weighted by atomic mass is 9.51. The predicted octanol–water partition coefficient (Wildman–Crippen LogP) is 6.29. The number of halogens is 2. The standard InChI is InChI=1S/C34H30ClFN2O5S/c1-16-11-18(12-17(2)29(16)39)28-21-7-8-22-27(32(42)37(30(22)40)15-20-5-4-10-44-20)23(21)14-24-31(41)38(33(43)34(24,28)3)19-6-9-26(36)25(35)13-19/h4-7,9-13,22-24,27-28,39H,8,14-15H2,1-3H3/t22-,23+,24-,27-,28-,34+/m0/s1. The van der Waals surface area contributed by atoms with Crippen molar-refractivity contribution in [1.82, 2.24) is 4.90 Å². The number of rotatable bonds is 4. The van der Waals surface area contributed by atoms with Crippen molar-refractivity contribution in [1.29, 1.82) is 0 Å². The Morgan fingerprint density at radius 1 is 1.02 bits per heavy atom. The van der Waals surface area contributed by atoms with E-state index in [0.717, 1.165) is 27.0 Å². The number of likely N-dealkylation sites (tertiary alicyclic amines) is 1. The number of aryl methyl sites for hydroxylation is 2. The number of hydrogen-bond acceptors (Lipinski definition) is 6. The Morgan fingerprint density at radius 3 is 2.41 bits per heavy atom. The van der Waals surface area contributed by atoms with Crippen molar-refractivity contribution >= 4 is 52.3 Å². The molecule has 44 heavy (non-hydrogen) atoms. The maximum Gasteiger partial charge on any atom is 0.241 e. The number of carbonyl (C=O) groups is 4. The molecule has 7 nitrogen and oxygen atoms in total.